The zero-order valence-corrected chi connectivity index (χ0v) is 19.7. The highest BCUT2D eigenvalue weighted by atomic mass is 35.5. The highest BCUT2D eigenvalue weighted by Gasteiger charge is 2.22. The molecule has 1 N–H and O–H groups in total. The van der Waals surface area contributed by atoms with E-state index in [1.54, 1.807) is 42.5 Å². The Morgan fingerprint density at radius 1 is 1.00 bits per heavy atom. The van der Waals surface area contributed by atoms with Crippen LogP contribution >= 0.6 is 11.6 Å². The molecule has 176 valence electrons. The van der Waals surface area contributed by atoms with Crippen LogP contribution in [0.4, 0.5) is 15.8 Å². The van der Waals surface area contributed by atoms with Gasteiger partial charge >= 0.3 is 5.97 Å². The van der Waals surface area contributed by atoms with Crippen LogP contribution in [0.2, 0.25) is 5.02 Å². The number of ether oxygens (including phenoxy) is 1. The lowest BCUT2D eigenvalue weighted by Crippen LogP contribution is -2.44. The Morgan fingerprint density at radius 3 is 2.41 bits per heavy atom. The molecule has 0 aromatic heterocycles. The molecule has 3 aromatic carbocycles. The summed E-state index contributed by atoms with van der Waals surface area (Å²) in [6.07, 6.45) is 0. The summed E-state index contributed by atoms with van der Waals surface area (Å²) >= 11 is 6.25. The standard InChI is InChI=1S/C26H25ClFN3O3/c1-17-21(28)10-9-20(24(17)27)25(32)29-22-16-18(26(33)34-19-6-4-3-5-7-19)8-11-23(22)31-14-12-30(2)13-15-31/h3-11,16H,12-15H2,1-2H3,(H,29,32). The van der Waals surface area contributed by atoms with E-state index in [0.717, 1.165) is 31.9 Å². The average Bonchev–Trinajstić information content (AvgIpc) is 2.84. The zero-order chi connectivity index (χ0) is 24.2. The molecule has 1 aliphatic heterocycles. The van der Waals surface area contributed by atoms with Crippen LogP contribution in [0.25, 0.3) is 0 Å². The average molecular weight is 482 g/mol. The monoisotopic (exact) mass is 481 g/mol. The van der Waals surface area contributed by atoms with Gasteiger partial charge in [-0.05, 0) is 56.4 Å². The molecule has 0 spiro atoms. The number of para-hydroxylation sites is 1. The Kier molecular flexibility index (Phi) is 7.14. The van der Waals surface area contributed by atoms with Crippen molar-refractivity contribution in [3.8, 4) is 5.75 Å². The van der Waals surface area contributed by atoms with E-state index in [0.29, 0.717) is 17.0 Å². The number of hydrogen-bond acceptors (Lipinski definition) is 5. The smallest absolute Gasteiger partial charge is 0.343 e. The molecule has 1 saturated heterocycles. The van der Waals surface area contributed by atoms with Crippen molar-refractivity contribution in [1.82, 2.24) is 4.90 Å². The second-order valence-corrected chi connectivity index (χ2v) is 8.59. The number of halogens is 2. The summed E-state index contributed by atoms with van der Waals surface area (Å²) in [4.78, 5) is 30.2. The summed E-state index contributed by atoms with van der Waals surface area (Å²) < 4.78 is 19.3. The van der Waals surface area contributed by atoms with Crippen LogP contribution in [0, 0.1) is 12.7 Å². The van der Waals surface area contributed by atoms with Gasteiger partial charge in [-0.2, -0.15) is 0 Å². The number of piperazine rings is 1. The number of carbonyl (C=O) groups excluding carboxylic acids is 2. The third kappa shape index (κ3) is 5.21. The van der Waals surface area contributed by atoms with Crippen molar-refractivity contribution in [2.45, 2.75) is 6.92 Å². The maximum Gasteiger partial charge on any atom is 0.343 e. The first kappa shape index (κ1) is 23.7. The van der Waals surface area contributed by atoms with E-state index in [-0.39, 0.29) is 16.1 Å². The fourth-order valence-electron chi connectivity index (χ4n) is 3.77. The minimum atomic E-state index is -0.540. The van der Waals surface area contributed by atoms with Crippen LogP contribution in [0.5, 0.6) is 5.75 Å². The number of rotatable bonds is 5. The maximum atomic E-state index is 13.8. The molecule has 6 nitrogen and oxygen atoms in total. The second-order valence-electron chi connectivity index (χ2n) is 8.21. The van der Waals surface area contributed by atoms with E-state index in [9.17, 15) is 14.0 Å². The molecule has 0 radical (unpaired) electrons. The molecule has 1 fully saturated rings. The first-order valence-electron chi connectivity index (χ1n) is 10.9. The molecule has 0 atom stereocenters. The number of hydrogen-bond donors (Lipinski definition) is 1. The Morgan fingerprint density at radius 2 is 1.71 bits per heavy atom. The van der Waals surface area contributed by atoms with E-state index in [1.165, 1.54) is 19.1 Å². The van der Waals surface area contributed by atoms with Gasteiger partial charge in [0.25, 0.3) is 5.91 Å². The van der Waals surface area contributed by atoms with Crippen molar-refractivity contribution in [3.63, 3.8) is 0 Å². The first-order valence-corrected chi connectivity index (χ1v) is 11.3. The number of anilines is 2. The van der Waals surface area contributed by atoms with Gasteiger partial charge in [-0.15, -0.1) is 0 Å². The third-order valence-electron chi connectivity index (χ3n) is 5.84. The van der Waals surface area contributed by atoms with E-state index >= 15 is 0 Å². The van der Waals surface area contributed by atoms with Crippen LogP contribution in [-0.2, 0) is 0 Å². The van der Waals surface area contributed by atoms with Crippen molar-refractivity contribution in [1.29, 1.82) is 0 Å². The van der Waals surface area contributed by atoms with Crippen LogP contribution in [-0.4, -0.2) is 50.0 Å². The number of likely N-dealkylation sites (N-methyl/N-ethyl adjacent to an activating group) is 1. The summed E-state index contributed by atoms with van der Waals surface area (Å²) in [5.74, 6) is -1.08. The minimum Gasteiger partial charge on any atom is -0.423 e. The molecule has 8 heteroatoms. The topological polar surface area (TPSA) is 61.9 Å². The molecule has 1 aliphatic rings. The van der Waals surface area contributed by atoms with Crippen molar-refractivity contribution in [2.75, 3.05) is 43.4 Å². The third-order valence-corrected chi connectivity index (χ3v) is 6.33. The fourth-order valence-corrected chi connectivity index (χ4v) is 4.01. The lowest BCUT2D eigenvalue weighted by Gasteiger charge is -2.35. The highest BCUT2D eigenvalue weighted by Crippen LogP contribution is 2.31. The van der Waals surface area contributed by atoms with E-state index in [2.05, 4.69) is 22.2 Å². The van der Waals surface area contributed by atoms with Gasteiger partial charge in [-0.25, -0.2) is 9.18 Å². The van der Waals surface area contributed by atoms with Gasteiger partial charge in [-0.3, -0.25) is 4.79 Å². The van der Waals surface area contributed by atoms with Crippen LogP contribution in [0.1, 0.15) is 26.3 Å². The van der Waals surface area contributed by atoms with Crippen LogP contribution in [0.3, 0.4) is 0 Å². The van der Waals surface area contributed by atoms with Gasteiger partial charge in [0.2, 0.25) is 0 Å². The van der Waals surface area contributed by atoms with Crippen LogP contribution in [0.15, 0.2) is 60.7 Å². The summed E-state index contributed by atoms with van der Waals surface area (Å²) in [7, 11) is 2.06. The van der Waals surface area contributed by atoms with Crippen molar-refractivity contribution in [3.05, 3.63) is 88.2 Å². The number of esters is 1. The van der Waals surface area contributed by atoms with Gasteiger partial charge in [0.15, 0.2) is 0 Å². The van der Waals surface area contributed by atoms with Crippen molar-refractivity contribution in [2.24, 2.45) is 0 Å². The molecule has 0 aliphatic carbocycles. The molecule has 0 saturated carbocycles. The van der Waals surface area contributed by atoms with Gasteiger partial charge in [-0.1, -0.05) is 29.8 Å². The van der Waals surface area contributed by atoms with Gasteiger partial charge in [0.05, 0.1) is 27.5 Å². The molecular weight excluding hydrogens is 457 g/mol. The molecule has 0 bridgehead atoms. The number of nitrogens with zero attached hydrogens (tertiary/aromatic N) is 2. The molecule has 1 heterocycles. The van der Waals surface area contributed by atoms with Gasteiger partial charge in [0.1, 0.15) is 11.6 Å². The lowest BCUT2D eigenvalue weighted by atomic mass is 10.1. The first-order chi connectivity index (χ1) is 16.3. The highest BCUT2D eigenvalue weighted by molar-refractivity contribution is 6.35. The van der Waals surface area contributed by atoms with Crippen molar-refractivity contribution < 1.29 is 18.7 Å². The van der Waals surface area contributed by atoms with Gasteiger partial charge < -0.3 is 19.9 Å². The van der Waals surface area contributed by atoms with Crippen LogP contribution < -0.4 is 15.0 Å². The SMILES string of the molecule is Cc1c(F)ccc(C(=O)Nc2cc(C(=O)Oc3ccccc3)ccc2N2CCN(C)CC2)c1Cl. The summed E-state index contributed by atoms with van der Waals surface area (Å²) in [6, 6.07) is 16.4. The quantitative estimate of drug-likeness (QED) is 0.410. The molecular formula is C26H25ClFN3O3. The number of nitrogens with one attached hydrogen (secondary N) is 1. The molecule has 4 rings (SSSR count). The Hall–Kier alpha value is -3.42. The van der Waals surface area contributed by atoms with Crippen molar-refractivity contribution >= 4 is 34.9 Å². The number of amides is 1. The lowest BCUT2D eigenvalue weighted by molar-refractivity contribution is 0.0734. The summed E-state index contributed by atoms with van der Waals surface area (Å²) in [5, 5.41) is 2.93. The maximum absolute atomic E-state index is 13.8. The molecule has 0 unspecified atom stereocenters. The molecule has 3 aromatic rings. The number of carbonyl (C=O) groups is 2. The molecule has 1 amide bonds. The van der Waals surface area contributed by atoms with Gasteiger partial charge in [0, 0.05) is 31.7 Å². The Bertz CT molecular complexity index is 1210. The fraction of sp³-hybridized carbons (Fsp3) is 0.231. The van der Waals surface area contributed by atoms with E-state index < -0.39 is 17.7 Å². The number of benzene rings is 3. The van der Waals surface area contributed by atoms with E-state index in [1.807, 2.05) is 6.07 Å². The predicted octanol–water partition coefficient (Wildman–Crippen LogP) is 5.01. The van der Waals surface area contributed by atoms with E-state index in [4.69, 9.17) is 16.3 Å². The summed E-state index contributed by atoms with van der Waals surface area (Å²) in [6.45, 7) is 4.79. The normalized spacial score (nSPS) is 14.1. The minimum absolute atomic E-state index is 0.0540. The summed E-state index contributed by atoms with van der Waals surface area (Å²) in [5.41, 5.74) is 1.89. The Labute approximate surface area is 202 Å². The largest absolute Gasteiger partial charge is 0.423 e. The molecule has 34 heavy (non-hydrogen) atoms. The Balaban J connectivity index is 1.65. The second kappa shape index (κ2) is 10.2. The zero-order valence-electron chi connectivity index (χ0n) is 19.0. The predicted molar refractivity (Wildman–Crippen MR) is 132 cm³/mol.